The number of nitrogens with one attached hydrogen (secondary N) is 2. The summed E-state index contributed by atoms with van der Waals surface area (Å²) in [6, 6.07) is 19.7. The van der Waals surface area contributed by atoms with Crippen LogP contribution in [0.3, 0.4) is 0 Å². The number of carbonyl (C=O) groups excluding carboxylic acids is 2. The summed E-state index contributed by atoms with van der Waals surface area (Å²) in [6.45, 7) is 0.193. The van der Waals surface area contributed by atoms with Crippen molar-refractivity contribution >= 4 is 17.6 Å². The molecule has 0 radical (unpaired) electrons. The van der Waals surface area contributed by atoms with Gasteiger partial charge in [0.1, 0.15) is 11.5 Å². The number of para-hydroxylation sites is 3. The maximum atomic E-state index is 12.2. The number of hydrogen-bond donors (Lipinski definition) is 2. The predicted octanol–water partition coefficient (Wildman–Crippen LogP) is 3.53. The summed E-state index contributed by atoms with van der Waals surface area (Å²) in [5, 5.41) is 4.86. The molecule has 0 unspecified atom stereocenters. The number of rotatable bonds is 7. The number of benzene rings is 2. The van der Waals surface area contributed by atoms with Crippen LogP contribution in [0, 0.1) is 0 Å². The summed E-state index contributed by atoms with van der Waals surface area (Å²) in [6.07, 6.45) is 1.52. The predicted molar refractivity (Wildman–Crippen MR) is 105 cm³/mol. The van der Waals surface area contributed by atoms with Crippen molar-refractivity contribution in [2.45, 2.75) is 6.54 Å². The zero-order chi connectivity index (χ0) is 19.8. The topological polar surface area (TPSA) is 83.8 Å². The molecule has 0 aliphatic carbocycles. The lowest BCUT2D eigenvalue weighted by molar-refractivity contribution is -0.118. The minimum absolute atomic E-state index is 0.0106. The Morgan fingerprint density at radius 1 is 1.00 bits per heavy atom. The molecule has 3 aromatic rings. The van der Waals surface area contributed by atoms with E-state index in [9.17, 15) is 9.59 Å². The number of urea groups is 1. The van der Waals surface area contributed by atoms with E-state index in [1.54, 1.807) is 24.1 Å². The van der Waals surface area contributed by atoms with Gasteiger partial charge < -0.3 is 19.4 Å². The lowest BCUT2D eigenvalue weighted by Gasteiger charge is -2.21. The third kappa shape index (κ3) is 5.38. The number of amides is 3. The zero-order valence-electron chi connectivity index (χ0n) is 15.4. The van der Waals surface area contributed by atoms with Gasteiger partial charge in [-0.25, -0.2) is 4.79 Å². The number of anilines is 1. The highest BCUT2D eigenvalue weighted by Crippen LogP contribution is 2.31. The average molecular weight is 379 g/mol. The molecule has 3 rings (SSSR count). The van der Waals surface area contributed by atoms with Gasteiger partial charge in [-0.15, -0.1) is 0 Å². The fourth-order valence-electron chi connectivity index (χ4n) is 2.57. The molecular weight excluding hydrogens is 358 g/mol. The SMILES string of the molecule is CN(CC(=O)NC(=O)NCc1ccco1)c1ccccc1Oc1ccccc1. The highest BCUT2D eigenvalue weighted by molar-refractivity contribution is 5.96. The van der Waals surface area contributed by atoms with Crippen molar-refractivity contribution in [2.24, 2.45) is 0 Å². The van der Waals surface area contributed by atoms with Crippen molar-refractivity contribution < 1.29 is 18.7 Å². The fourth-order valence-corrected chi connectivity index (χ4v) is 2.57. The Balaban J connectivity index is 1.56. The first-order chi connectivity index (χ1) is 13.6. The summed E-state index contributed by atoms with van der Waals surface area (Å²) >= 11 is 0. The molecule has 0 saturated carbocycles. The van der Waals surface area contributed by atoms with Gasteiger partial charge in [0.15, 0.2) is 5.75 Å². The van der Waals surface area contributed by atoms with E-state index < -0.39 is 11.9 Å². The van der Waals surface area contributed by atoms with Crippen molar-refractivity contribution in [3.05, 3.63) is 78.8 Å². The molecule has 0 spiro atoms. The normalized spacial score (nSPS) is 10.2. The van der Waals surface area contributed by atoms with Crippen LogP contribution < -0.4 is 20.3 Å². The number of carbonyl (C=O) groups is 2. The van der Waals surface area contributed by atoms with Crippen molar-refractivity contribution in [3.63, 3.8) is 0 Å². The van der Waals surface area contributed by atoms with Crippen molar-refractivity contribution in [3.8, 4) is 11.5 Å². The molecule has 1 aromatic heterocycles. The van der Waals surface area contributed by atoms with E-state index in [0.717, 1.165) is 5.69 Å². The molecule has 0 fully saturated rings. The molecule has 0 saturated heterocycles. The Kier molecular flexibility index (Phi) is 6.30. The fraction of sp³-hybridized carbons (Fsp3) is 0.143. The van der Waals surface area contributed by atoms with Gasteiger partial charge in [-0.3, -0.25) is 10.1 Å². The van der Waals surface area contributed by atoms with E-state index in [1.807, 2.05) is 54.6 Å². The van der Waals surface area contributed by atoms with Gasteiger partial charge in [0.05, 0.1) is 25.0 Å². The maximum absolute atomic E-state index is 12.2. The van der Waals surface area contributed by atoms with Gasteiger partial charge in [0.25, 0.3) is 0 Å². The third-order valence-electron chi connectivity index (χ3n) is 3.88. The third-order valence-corrected chi connectivity index (χ3v) is 3.88. The number of imide groups is 1. The number of nitrogens with zero attached hydrogens (tertiary/aromatic N) is 1. The minimum Gasteiger partial charge on any atom is -0.467 e. The van der Waals surface area contributed by atoms with E-state index in [0.29, 0.717) is 17.3 Å². The van der Waals surface area contributed by atoms with Gasteiger partial charge in [0, 0.05) is 7.05 Å². The van der Waals surface area contributed by atoms with Crippen LogP contribution in [0.1, 0.15) is 5.76 Å². The van der Waals surface area contributed by atoms with Crippen LogP contribution in [0.4, 0.5) is 10.5 Å². The summed E-state index contributed by atoms with van der Waals surface area (Å²) in [5.41, 5.74) is 0.734. The van der Waals surface area contributed by atoms with E-state index in [1.165, 1.54) is 6.26 Å². The Hall–Kier alpha value is -3.74. The number of ether oxygens (including phenoxy) is 1. The molecule has 2 aromatic carbocycles. The molecule has 0 aliphatic rings. The van der Waals surface area contributed by atoms with Crippen LogP contribution in [-0.2, 0) is 11.3 Å². The Morgan fingerprint density at radius 2 is 1.75 bits per heavy atom. The van der Waals surface area contributed by atoms with E-state index in [4.69, 9.17) is 9.15 Å². The first kappa shape index (κ1) is 19.0. The molecule has 3 amide bonds. The highest BCUT2D eigenvalue weighted by atomic mass is 16.5. The maximum Gasteiger partial charge on any atom is 0.321 e. The minimum atomic E-state index is -0.580. The average Bonchev–Trinajstić information content (AvgIpc) is 3.21. The van der Waals surface area contributed by atoms with Crippen LogP contribution >= 0.6 is 0 Å². The molecule has 7 heteroatoms. The lowest BCUT2D eigenvalue weighted by Crippen LogP contribution is -2.43. The quantitative estimate of drug-likeness (QED) is 0.656. The van der Waals surface area contributed by atoms with Crippen molar-refractivity contribution in [1.82, 2.24) is 10.6 Å². The first-order valence-electron chi connectivity index (χ1n) is 8.75. The zero-order valence-corrected chi connectivity index (χ0v) is 15.4. The smallest absolute Gasteiger partial charge is 0.321 e. The molecular formula is C21H21N3O4. The lowest BCUT2D eigenvalue weighted by atomic mass is 10.2. The molecule has 0 bridgehead atoms. The summed E-state index contributed by atoms with van der Waals surface area (Å²) in [5.74, 6) is 1.48. The molecule has 1 heterocycles. The summed E-state index contributed by atoms with van der Waals surface area (Å²) in [7, 11) is 1.76. The van der Waals surface area contributed by atoms with Crippen LogP contribution in [0.5, 0.6) is 11.5 Å². The van der Waals surface area contributed by atoms with E-state index in [-0.39, 0.29) is 13.1 Å². The Bertz CT molecular complexity index is 910. The van der Waals surface area contributed by atoms with Gasteiger partial charge in [-0.1, -0.05) is 30.3 Å². The van der Waals surface area contributed by atoms with Crippen LogP contribution in [0.2, 0.25) is 0 Å². The Labute approximate surface area is 162 Å². The van der Waals surface area contributed by atoms with Crippen LogP contribution in [0.25, 0.3) is 0 Å². The second kappa shape index (κ2) is 9.27. The molecule has 7 nitrogen and oxygen atoms in total. The Morgan fingerprint density at radius 3 is 2.50 bits per heavy atom. The molecule has 2 N–H and O–H groups in total. The number of hydrogen-bond acceptors (Lipinski definition) is 5. The van der Waals surface area contributed by atoms with Gasteiger partial charge >= 0.3 is 6.03 Å². The largest absolute Gasteiger partial charge is 0.467 e. The standard InChI is InChI=1S/C21H21N3O4/c1-24(15-20(25)23-21(26)22-14-17-10-7-13-27-17)18-11-5-6-12-19(18)28-16-8-3-2-4-9-16/h2-13H,14-15H2,1H3,(H2,22,23,25,26). The second-order valence-corrected chi connectivity index (χ2v) is 6.05. The van der Waals surface area contributed by atoms with Crippen LogP contribution in [0.15, 0.2) is 77.4 Å². The molecule has 144 valence electrons. The van der Waals surface area contributed by atoms with Gasteiger partial charge in [-0.2, -0.15) is 0 Å². The number of furan rings is 1. The van der Waals surface area contributed by atoms with Crippen LogP contribution in [-0.4, -0.2) is 25.5 Å². The monoisotopic (exact) mass is 379 g/mol. The summed E-state index contributed by atoms with van der Waals surface area (Å²) in [4.78, 5) is 25.8. The van der Waals surface area contributed by atoms with Crippen molar-refractivity contribution in [2.75, 3.05) is 18.5 Å². The van der Waals surface area contributed by atoms with E-state index in [2.05, 4.69) is 10.6 Å². The molecule has 0 aliphatic heterocycles. The molecule has 28 heavy (non-hydrogen) atoms. The first-order valence-corrected chi connectivity index (χ1v) is 8.75. The van der Waals surface area contributed by atoms with E-state index >= 15 is 0 Å². The van der Waals surface area contributed by atoms with Gasteiger partial charge in [0.2, 0.25) is 5.91 Å². The summed E-state index contributed by atoms with van der Waals surface area (Å²) < 4.78 is 11.0. The van der Waals surface area contributed by atoms with Crippen molar-refractivity contribution in [1.29, 1.82) is 0 Å². The number of likely N-dealkylation sites (N-methyl/N-ethyl adjacent to an activating group) is 1. The second-order valence-electron chi connectivity index (χ2n) is 6.05. The highest BCUT2D eigenvalue weighted by Gasteiger charge is 2.14. The van der Waals surface area contributed by atoms with Gasteiger partial charge in [-0.05, 0) is 36.4 Å². The molecule has 0 atom stereocenters.